The zero-order valence-electron chi connectivity index (χ0n) is 15.8. The van der Waals surface area contributed by atoms with Crippen LogP contribution in [-0.2, 0) is 11.0 Å². The normalized spacial score (nSPS) is 12.0. The number of thiazole rings is 1. The minimum atomic E-state index is -4.47. The van der Waals surface area contributed by atoms with Gasteiger partial charge in [0, 0.05) is 16.0 Å². The number of nitrogens with zero attached hydrogens (tertiary/aromatic N) is 1. The summed E-state index contributed by atoms with van der Waals surface area (Å²) < 4.78 is 38.9. The number of carbonyl (C=O) groups is 2. The lowest BCUT2D eigenvalue weighted by Crippen LogP contribution is -2.11. The molecule has 160 valence electrons. The van der Waals surface area contributed by atoms with E-state index in [4.69, 9.17) is 16.7 Å². The number of hydrogen-bond donors (Lipinski definition) is 2. The minimum Gasteiger partial charge on any atom is -0.477 e. The highest BCUT2D eigenvalue weighted by molar-refractivity contribution is 7.16. The number of carboxylic acid groups (broad SMARTS) is 1. The molecule has 0 atom stereocenters. The molecule has 1 amide bonds. The largest absolute Gasteiger partial charge is 0.477 e. The van der Waals surface area contributed by atoms with Crippen LogP contribution >= 0.6 is 22.9 Å². The summed E-state index contributed by atoms with van der Waals surface area (Å²) in [5, 5.41) is 11.3. The van der Waals surface area contributed by atoms with Gasteiger partial charge in [-0.25, -0.2) is 9.78 Å². The summed E-state index contributed by atoms with van der Waals surface area (Å²) in [7, 11) is 0. The van der Waals surface area contributed by atoms with Crippen LogP contribution in [0.25, 0.3) is 17.3 Å². The van der Waals surface area contributed by atoms with Crippen molar-refractivity contribution in [3.63, 3.8) is 0 Å². The topological polar surface area (TPSA) is 79.3 Å². The molecule has 1 heterocycles. The van der Waals surface area contributed by atoms with E-state index in [-0.39, 0.29) is 15.7 Å². The predicted molar refractivity (Wildman–Crippen MR) is 113 cm³/mol. The summed E-state index contributed by atoms with van der Waals surface area (Å²) >= 11 is 6.72. The SMILES string of the molecule is Cc1sc(NC(=O)c2ccc(/C=C(\Cl)C(=O)O)cc2)nc1-c1cccc(C(F)(F)F)c1. The maximum Gasteiger partial charge on any atom is 0.416 e. The van der Waals surface area contributed by atoms with E-state index in [1.165, 1.54) is 42.5 Å². The Hall–Kier alpha value is -3.17. The summed E-state index contributed by atoms with van der Waals surface area (Å²) in [5.41, 5.74) is 0.670. The van der Waals surface area contributed by atoms with Crippen LogP contribution in [0.3, 0.4) is 0 Å². The van der Waals surface area contributed by atoms with Crippen molar-refractivity contribution in [1.82, 2.24) is 4.98 Å². The van der Waals surface area contributed by atoms with E-state index in [0.29, 0.717) is 21.7 Å². The van der Waals surface area contributed by atoms with Gasteiger partial charge in [0.2, 0.25) is 0 Å². The number of aromatic nitrogens is 1. The second-order valence-corrected chi connectivity index (χ2v) is 7.99. The first-order chi connectivity index (χ1) is 14.5. The first-order valence-electron chi connectivity index (χ1n) is 8.71. The van der Waals surface area contributed by atoms with Crippen LogP contribution in [-0.4, -0.2) is 22.0 Å². The van der Waals surface area contributed by atoms with Crippen molar-refractivity contribution in [2.45, 2.75) is 13.1 Å². The van der Waals surface area contributed by atoms with Crippen molar-refractivity contribution in [1.29, 1.82) is 0 Å². The number of anilines is 1. The summed E-state index contributed by atoms with van der Waals surface area (Å²) in [6.45, 7) is 1.70. The molecule has 0 unspecified atom stereocenters. The van der Waals surface area contributed by atoms with Gasteiger partial charge in [-0.15, -0.1) is 11.3 Å². The first-order valence-corrected chi connectivity index (χ1v) is 9.91. The number of amides is 1. The fourth-order valence-electron chi connectivity index (χ4n) is 2.67. The molecule has 0 spiro atoms. The van der Waals surface area contributed by atoms with Crippen LogP contribution in [0.2, 0.25) is 0 Å². The number of rotatable bonds is 5. The molecule has 0 fully saturated rings. The predicted octanol–water partition coefficient (Wildman–Crippen LogP) is 6.05. The van der Waals surface area contributed by atoms with Crippen molar-refractivity contribution in [2.24, 2.45) is 0 Å². The Morgan fingerprint density at radius 3 is 2.45 bits per heavy atom. The Kier molecular flexibility index (Phi) is 6.47. The molecule has 0 bridgehead atoms. The van der Waals surface area contributed by atoms with Gasteiger partial charge < -0.3 is 5.11 Å². The number of halogens is 4. The highest BCUT2D eigenvalue weighted by atomic mass is 35.5. The third-order valence-electron chi connectivity index (χ3n) is 4.15. The van der Waals surface area contributed by atoms with Gasteiger partial charge in [-0.3, -0.25) is 10.1 Å². The van der Waals surface area contributed by atoms with Crippen molar-refractivity contribution in [3.8, 4) is 11.3 Å². The molecule has 2 aromatic carbocycles. The minimum absolute atomic E-state index is 0.243. The summed E-state index contributed by atoms with van der Waals surface area (Å²) in [6.07, 6.45) is -3.22. The molecule has 1 aromatic heterocycles. The maximum atomic E-state index is 13.0. The zero-order valence-corrected chi connectivity index (χ0v) is 17.4. The first kappa shape index (κ1) is 22.5. The molecule has 0 aliphatic carbocycles. The van der Waals surface area contributed by atoms with Crippen molar-refractivity contribution >= 4 is 46.0 Å². The quantitative estimate of drug-likeness (QED) is 0.448. The smallest absolute Gasteiger partial charge is 0.416 e. The van der Waals surface area contributed by atoms with Gasteiger partial charge in [0.05, 0.1) is 11.3 Å². The summed E-state index contributed by atoms with van der Waals surface area (Å²) in [6, 6.07) is 10.9. The molecule has 3 rings (SSSR count). The van der Waals surface area contributed by atoms with E-state index in [0.717, 1.165) is 23.5 Å². The average Bonchev–Trinajstić information content (AvgIpc) is 3.07. The van der Waals surface area contributed by atoms with Crippen molar-refractivity contribution < 1.29 is 27.9 Å². The molecule has 3 aromatic rings. The van der Waals surface area contributed by atoms with Crippen LogP contribution < -0.4 is 5.32 Å². The fourth-order valence-corrected chi connectivity index (χ4v) is 3.63. The number of nitrogens with one attached hydrogen (secondary N) is 1. The molecular formula is C21H14ClF3N2O3S. The molecule has 2 N–H and O–H groups in total. The molecule has 10 heteroatoms. The molecule has 0 aliphatic heterocycles. The number of aryl methyl sites for hydroxylation is 1. The Morgan fingerprint density at radius 1 is 1.16 bits per heavy atom. The Morgan fingerprint density at radius 2 is 1.84 bits per heavy atom. The maximum absolute atomic E-state index is 13.0. The number of carbonyl (C=O) groups excluding carboxylic acids is 1. The molecular weight excluding hydrogens is 453 g/mol. The molecule has 0 saturated carbocycles. The van der Waals surface area contributed by atoms with Gasteiger partial charge in [0.25, 0.3) is 5.91 Å². The lowest BCUT2D eigenvalue weighted by atomic mass is 10.1. The van der Waals surface area contributed by atoms with E-state index in [2.05, 4.69) is 10.3 Å². The van der Waals surface area contributed by atoms with Gasteiger partial charge in [0.15, 0.2) is 5.13 Å². The van der Waals surface area contributed by atoms with Crippen LogP contribution in [0, 0.1) is 6.92 Å². The summed E-state index contributed by atoms with van der Waals surface area (Å²) in [5.74, 6) is -1.73. The van der Waals surface area contributed by atoms with E-state index in [9.17, 15) is 22.8 Å². The molecule has 31 heavy (non-hydrogen) atoms. The van der Waals surface area contributed by atoms with E-state index >= 15 is 0 Å². The highest BCUT2D eigenvalue weighted by Crippen LogP contribution is 2.35. The lowest BCUT2D eigenvalue weighted by Gasteiger charge is -2.08. The molecule has 5 nitrogen and oxygen atoms in total. The van der Waals surface area contributed by atoms with Gasteiger partial charge in [-0.2, -0.15) is 13.2 Å². The molecule has 0 saturated heterocycles. The van der Waals surface area contributed by atoms with Crippen LogP contribution in [0.4, 0.5) is 18.3 Å². The second kappa shape index (κ2) is 8.91. The molecule has 0 aliphatic rings. The number of alkyl halides is 3. The van der Waals surface area contributed by atoms with Crippen LogP contribution in [0.1, 0.15) is 26.4 Å². The van der Waals surface area contributed by atoms with Crippen LogP contribution in [0.5, 0.6) is 0 Å². The molecule has 0 radical (unpaired) electrons. The third kappa shape index (κ3) is 5.50. The van der Waals surface area contributed by atoms with Gasteiger partial charge in [-0.1, -0.05) is 35.9 Å². The fraction of sp³-hybridized carbons (Fsp3) is 0.0952. The Labute approximate surface area is 183 Å². The van der Waals surface area contributed by atoms with Crippen molar-refractivity contribution in [3.05, 3.63) is 75.1 Å². The van der Waals surface area contributed by atoms with E-state index in [1.807, 2.05) is 0 Å². The van der Waals surface area contributed by atoms with Crippen molar-refractivity contribution in [2.75, 3.05) is 5.32 Å². The standard InChI is InChI=1S/C21H14ClF3N2O3S/c1-11-17(14-3-2-4-15(10-14)21(23,24)25)26-20(31-11)27-18(28)13-7-5-12(6-8-13)9-16(22)19(29)30/h2-10H,1H3,(H,29,30)(H,26,27,28)/b16-9-. The summed E-state index contributed by atoms with van der Waals surface area (Å²) in [4.78, 5) is 28.1. The van der Waals surface area contributed by atoms with E-state index in [1.54, 1.807) is 6.92 Å². The Balaban J connectivity index is 1.78. The number of aliphatic carboxylic acids is 1. The zero-order chi connectivity index (χ0) is 22.8. The number of benzene rings is 2. The lowest BCUT2D eigenvalue weighted by molar-refractivity contribution is -0.137. The van der Waals surface area contributed by atoms with Crippen LogP contribution in [0.15, 0.2) is 53.6 Å². The monoisotopic (exact) mass is 466 g/mol. The average molecular weight is 467 g/mol. The van der Waals surface area contributed by atoms with E-state index < -0.39 is 23.6 Å². The van der Waals surface area contributed by atoms with Gasteiger partial charge in [-0.05, 0) is 42.8 Å². The van der Waals surface area contributed by atoms with Gasteiger partial charge >= 0.3 is 12.1 Å². The number of carboxylic acids is 1. The third-order valence-corrected chi connectivity index (χ3v) is 5.31. The van der Waals surface area contributed by atoms with Gasteiger partial charge in [0.1, 0.15) is 5.03 Å². The highest BCUT2D eigenvalue weighted by Gasteiger charge is 2.30. The number of hydrogen-bond acceptors (Lipinski definition) is 4. The Bertz CT molecular complexity index is 1170. The second-order valence-electron chi connectivity index (χ2n) is 6.38.